The third-order valence-electron chi connectivity index (χ3n) is 5.06. The number of ether oxygens (including phenoxy) is 1. The molecule has 0 saturated heterocycles. The quantitative estimate of drug-likeness (QED) is 0.748. The second-order valence-electron chi connectivity index (χ2n) is 6.71. The van der Waals surface area contributed by atoms with Crippen molar-refractivity contribution < 1.29 is 9.53 Å². The Morgan fingerprint density at radius 1 is 1.30 bits per heavy atom. The Hall–Kier alpha value is -2.67. The summed E-state index contributed by atoms with van der Waals surface area (Å²) >= 11 is 1.61. The molecule has 2 aromatic heterocycles. The van der Waals surface area contributed by atoms with Crippen LogP contribution in [0.25, 0.3) is 10.2 Å². The van der Waals surface area contributed by atoms with E-state index in [1.807, 2.05) is 12.1 Å². The number of thiophene rings is 1. The van der Waals surface area contributed by atoms with Crippen molar-refractivity contribution in [3.8, 4) is 5.75 Å². The Labute approximate surface area is 160 Å². The summed E-state index contributed by atoms with van der Waals surface area (Å²) in [6.45, 7) is 1.71. The van der Waals surface area contributed by atoms with Gasteiger partial charge in [-0.25, -0.2) is 4.98 Å². The van der Waals surface area contributed by atoms with Crippen molar-refractivity contribution in [1.82, 2.24) is 9.55 Å². The lowest BCUT2D eigenvalue weighted by molar-refractivity contribution is -0.118. The van der Waals surface area contributed by atoms with Crippen LogP contribution in [0.5, 0.6) is 5.75 Å². The van der Waals surface area contributed by atoms with E-state index in [0.717, 1.165) is 36.1 Å². The number of rotatable bonds is 4. The summed E-state index contributed by atoms with van der Waals surface area (Å²) in [5, 5.41) is 3.53. The van der Waals surface area contributed by atoms with Gasteiger partial charge in [0.25, 0.3) is 5.56 Å². The van der Waals surface area contributed by atoms with E-state index in [1.54, 1.807) is 37.5 Å². The molecule has 0 fully saturated rings. The fraction of sp³-hybridized carbons (Fsp3) is 0.350. The van der Waals surface area contributed by atoms with Crippen LogP contribution in [-0.2, 0) is 17.6 Å². The number of nitrogens with zero attached hydrogens (tertiary/aromatic N) is 2. The van der Waals surface area contributed by atoms with Crippen LogP contribution in [0.3, 0.4) is 0 Å². The molecule has 1 N–H and O–H groups in total. The number of nitrogens with one attached hydrogen (secondary N) is 1. The van der Waals surface area contributed by atoms with Crippen molar-refractivity contribution in [1.29, 1.82) is 0 Å². The highest BCUT2D eigenvalue weighted by atomic mass is 32.1. The number of hydrogen-bond donors (Lipinski definition) is 1. The van der Waals surface area contributed by atoms with E-state index in [2.05, 4.69) is 10.3 Å². The Kier molecular flexibility index (Phi) is 4.70. The van der Waals surface area contributed by atoms with E-state index in [-0.39, 0.29) is 11.5 Å². The topological polar surface area (TPSA) is 73.2 Å². The second-order valence-corrected chi connectivity index (χ2v) is 7.80. The number of aryl methyl sites for hydroxylation is 2. The van der Waals surface area contributed by atoms with Crippen LogP contribution in [0.2, 0.25) is 0 Å². The monoisotopic (exact) mass is 383 g/mol. The first-order valence-corrected chi connectivity index (χ1v) is 9.87. The van der Waals surface area contributed by atoms with Crippen LogP contribution in [0.15, 0.2) is 35.4 Å². The van der Waals surface area contributed by atoms with Crippen molar-refractivity contribution in [3.63, 3.8) is 0 Å². The maximum atomic E-state index is 13.1. The van der Waals surface area contributed by atoms with Gasteiger partial charge in [0, 0.05) is 4.88 Å². The molecule has 1 atom stereocenters. The second kappa shape index (κ2) is 7.15. The molecule has 6 nitrogen and oxygen atoms in total. The lowest BCUT2D eigenvalue weighted by atomic mass is 9.97. The van der Waals surface area contributed by atoms with E-state index in [4.69, 9.17) is 4.74 Å². The van der Waals surface area contributed by atoms with Crippen LogP contribution in [0.1, 0.15) is 36.2 Å². The maximum absolute atomic E-state index is 13.1. The highest BCUT2D eigenvalue weighted by Crippen LogP contribution is 2.33. The van der Waals surface area contributed by atoms with Gasteiger partial charge in [0.15, 0.2) is 0 Å². The lowest BCUT2D eigenvalue weighted by Gasteiger charge is -2.16. The van der Waals surface area contributed by atoms with Gasteiger partial charge in [-0.1, -0.05) is 12.1 Å². The molecular formula is C20H21N3O3S. The molecule has 4 rings (SSSR count). The smallest absolute Gasteiger partial charge is 0.263 e. The van der Waals surface area contributed by atoms with Gasteiger partial charge in [0.1, 0.15) is 16.6 Å². The first-order valence-electron chi connectivity index (χ1n) is 9.05. The number of hydrogen-bond acceptors (Lipinski definition) is 5. The average Bonchev–Trinajstić information content (AvgIpc) is 3.07. The SMILES string of the molecule is COc1ccccc1NC(=O)[C@@H](C)n1cnc2sc3c(c2c1=O)CCCC3. The summed E-state index contributed by atoms with van der Waals surface area (Å²) < 4.78 is 6.70. The van der Waals surface area contributed by atoms with Gasteiger partial charge in [-0.05, 0) is 50.3 Å². The first kappa shape index (κ1) is 17.7. The minimum absolute atomic E-state index is 0.137. The van der Waals surface area contributed by atoms with E-state index >= 15 is 0 Å². The Bertz CT molecular complexity index is 1070. The predicted octanol–water partition coefficient (Wildman–Crippen LogP) is 3.55. The molecule has 1 aliphatic rings. The number of aromatic nitrogens is 2. The molecule has 3 aromatic rings. The van der Waals surface area contributed by atoms with Gasteiger partial charge >= 0.3 is 0 Å². The Morgan fingerprint density at radius 3 is 2.89 bits per heavy atom. The van der Waals surface area contributed by atoms with Crippen molar-refractivity contribution >= 4 is 33.1 Å². The van der Waals surface area contributed by atoms with Crippen LogP contribution >= 0.6 is 11.3 Å². The van der Waals surface area contributed by atoms with Gasteiger partial charge in [-0.15, -0.1) is 11.3 Å². The number of amides is 1. The molecule has 1 amide bonds. The average molecular weight is 383 g/mol. The summed E-state index contributed by atoms with van der Waals surface area (Å²) in [7, 11) is 1.55. The highest BCUT2D eigenvalue weighted by molar-refractivity contribution is 7.18. The van der Waals surface area contributed by atoms with Crippen LogP contribution < -0.4 is 15.6 Å². The zero-order valence-corrected chi connectivity index (χ0v) is 16.1. The molecule has 2 heterocycles. The summed E-state index contributed by atoms with van der Waals surface area (Å²) in [5.41, 5.74) is 1.57. The van der Waals surface area contributed by atoms with Gasteiger partial charge in [-0.2, -0.15) is 0 Å². The molecule has 0 bridgehead atoms. The minimum atomic E-state index is -0.682. The maximum Gasteiger partial charge on any atom is 0.263 e. The van der Waals surface area contributed by atoms with Crippen LogP contribution in [0.4, 0.5) is 5.69 Å². The summed E-state index contributed by atoms with van der Waals surface area (Å²) in [6.07, 6.45) is 5.67. The molecule has 0 radical (unpaired) electrons. The van der Waals surface area contributed by atoms with Crippen LogP contribution in [-0.4, -0.2) is 22.6 Å². The number of benzene rings is 1. The first-order chi connectivity index (χ1) is 13.1. The van der Waals surface area contributed by atoms with Gasteiger partial charge in [-0.3, -0.25) is 14.2 Å². The predicted molar refractivity (Wildman–Crippen MR) is 107 cm³/mol. The molecular weight excluding hydrogens is 362 g/mol. The summed E-state index contributed by atoms with van der Waals surface area (Å²) in [6, 6.07) is 6.51. The van der Waals surface area contributed by atoms with Crippen molar-refractivity contribution in [2.45, 2.75) is 38.6 Å². The van der Waals surface area contributed by atoms with Gasteiger partial charge in [0.2, 0.25) is 5.91 Å². The number of methoxy groups -OCH3 is 1. The standard InChI is InChI=1S/C20H21N3O3S/c1-12(18(24)22-14-8-4-5-9-15(14)26-2)23-11-21-19-17(20(23)25)13-7-3-6-10-16(13)27-19/h4-5,8-9,11-12H,3,6-7,10H2,1-2H3,(H,22,24)/t12-/m1/s1. The zero-order valence-electron chi connectivity index (χ0n) is 15.3. The largest absolute Gasteiger partial charge is 0.495 e. The zero-order chi connectivity index (χ0) is 19.0. The van der Waals surface area contributed by atoms with Gasteiger partial charge in [0.05, 0.1) is 24.5 Å². The van der Waals surface area contributed by atoms with E-state index < -0.39 is 6.04 Å². The summed E-state index contributed by atoms with van der Waals surface area (Å²) in [4.78, 5) is 32.4. The third-order valence-corrected chi connectivity index (χ3v) is 6.26. The number of fused-ring (bicyclic) bond motifs is 3. The molecule has 140 valence electrons. The Balaban J connectivity index is 1.68. The fourth-order valence-corrected chi connectivity index (χ4v) is 4.77. The molecule has 27 heavy (non-hydrogen) atoms. The van der Waals surface area contributed by atoms with E-state index in [9.17, 15) is 9.59 Å². The molecule has 0 spiro atoms. The minimum Gasteiger partial charge on any atom is -0.495 e. The number of carbonyl (C=O) groups is 1. The molecule has 0 aliphatic heterocycles. The van der Waals surface area contributed by atoms with Crippen molar-refractivity contribution in [3.05, 3.63) is 51.4 Å². The molecule has 0 saturated carbocycles. The molecule has 1 aliphatic carbocycles. The normalized spacial score (nSPS) is 14.6. The van der Waals surface area contributed by atoms with E-state index in [0.29, 0.717) is 16.8 Å². The summed E-state index contributed by atoms with van der Waals surface area (Å²) in [5.74, 6) is 0.290. The highest BCUT2D eigenvalue weighted by Gasteiger charge is 2.23. The Morgan fingerprint density at radius 2 is 2.07 bits per heavy atom. The van der Waals surface area contributed by atoms with Gasteiger partial charge < -0.3 is 10.1 Å². The van der Waals surface area contributed by atoms with Crippen molar-refractivity contribution in [2.24, 2.45) is 0 Å². The molecule has 0 unspecified atom stereocenters. The number of anilines is 1. The molecule has 1 aromatic carbocycles. The number of carbonyl (C=O) groups excluding carboxylic acids is 1. The van der Waals surface area contributed by atoms with E-state index in [1.165, 1.54) is 15.8 Å². The molecule has 7 heteroatoms. The van der Waals surface area contributed by atoms with Crippen molar-refractivity contribution in [2.75, 3.05) is 12.4 Å². The lowest BCUT2D eigenvalue weighted by Crippen LogP contribution is -2.32. The van der Waals surface area contributed by atoms with Crippen LogP contribution in [0, 0.1) is 0 Å². The third kappa shape index (κ3) is 3.12. The number of para-hydroxylation sites is 2. The fourth-order valence-electron chi connectivity index (χ4n) is 3.55.